The fraction of sp³-hybridized carbons (Fsp3) is 0. The van der Waals surface area contributed by atoms with Gasteiger partial charge < -0.3 is 5.32 Å². The highest BCUT2D eigenvalue weighted by Crippen LogP contribution is 2.49. The molecule has 0 atom stereocenters. The Labute approximate surface area is 252 Å². The van der Waals surface area contributed by atoms with Gasteiger partial charge in [-0.1, -0.05) is 146 Å². The lowest BCUT2D eigenvalue weighted by atomic mass is 9.88. The quantitative estimate of drug-likeness (QED) is 0.226. The van der Waals surface area contributed by atoms with Crippen molar-refractivity contribution < 1.29 is 0 Å². The molecule has 202 valence electrons. The molecule has 1 N–H and O–H groups in total. The monoisotopic (exact) mass is 547 g/mol. The van der Waals surface area contributed by atoms with E-state index in [-0.39, 0.29) is 0 Å². The second-order valence-corrected chi connectivity index (χ2v) is 11.0. The summed E-state index contributed by atoms with van der Waals surface area (Å²) >= 11 is 0. The van der Waals surface area contributed by atoms with Crippen LogP contribution in [0.4, 0.5) is 11.4 Å². The molecule has 0 fully saturated rings. The van der Waals surface area contributed by atoms with E-state index in [9.17, 15) is 0 Å². The highest BCUT2D eigenvalue weighted by molar-refractivity contribution is 6.14. The fourth-order valence-electron chi connectivity index (χ4n) is 6.46. The minimum atomic E-state index is 1.07. The highest BCUT2D eigenvalue weighted by Gasteiger charge is 2.27. The molecule has 0 saturated carbocycles. The zero-order valence-corrected chi connectivity index (χ0v) is 23.7. The number of fused-ring (bicyclic) bond motifs is 4. The van der Waals surface area contributed by atoms with Crippen molar-refractivity contribution in [1.82, 2.24) is 0 Å². The van der Waals surface area contributed by atoms with Gasteiger partial charge in [0.2, 0.25) is 0 Å². The van der Waals surface area contributed by atoms with Crippen LogP contribution in [0.2, 0.25) is 0 Å². The molecule has 0 bridgehead atoms. The van der Waals surface area contributed by atoms with E-state index in [1.165, 1.54) is 66.4 Å². The second-order valence-electron chi connectivity index (χ2n) is 11.0. The Kier molecular flexibility index (Phi) is 6.20. The van der Waals surface area contributed by atoms with Crippen LogP contribution in [-0.2, 0) is 0 Å². The van der Waals surface area contributed by atoms with Gasteiger partial charge in [-0.3, -0.25) is 0 Å². The fourth-order valence-corrected chi connectivity index (χ4v) is 6.46. The summed E-state index contributed by atoms with van der Waals surface area (Å²) in [6, 6.07) is 61.0. The summed E-state index contributed by atoms with van der Waals surface area (Å²) in [6.07, 6.45) is 0. The van der Waals surface area contributed by atoms with Crippen molar-refractivity contribution in [1.29, 1.82) is 0 Å². The summed E-state index contributed by atoms with van der Waals surface area (Å²) in [5.41, 5.74) is 14.6. The smallest absolute Gasteiger partial charge is 0.0390 e. The molecule has 1 nitrogen and oxygen atoms in total. The standard InChI is InChI=1S/C42H29N/c1-3-13-31(14-4-1)41(32-15-5-2-6-16-32)42-39-20-10-9-19-37(39)38-27-26-34(28-40(38)42)43-33-24-22-30(23-25-33)36-21-11-17-29-12-7-8-18-35(29)36/h1-28,43H. The normalized spacial score (nSPS) is 11.7. The summed E-state index contributed by atoms with van der Waals surface area (Å²) in [5, 5.41) is 6.23. The molecule has 0 unspecified atom stereocenters. The van der Waals surface area contributed by atoms with Crippen LogP contribution in [0.25, 0.3) is 44.2 Å². The molecule has 1 aliphatic carbocycles. The van der Waals surface area contributed by atoms with Crippen LogP contribution < -0.4 is 5.32 Å². The lowest BCUT2D eigenvalue weighted by molar-refractivity contribution is 1.52. The molecule has 0 aromatic heterocycles. The van der Waals surface area contributed by atoms with E-state index in [2.05, 4.69) is 175 Å². The number of hydrogen-bond donors (Lipinski definition) is 1. The molecule has 7 aromatic carbocycles. The van der Waals surface area contributed by atoms with E-state index in [0.29, 0.717) is 0 Å². The molecule has 8 rings (SSSR count). The van der Waals surface area contributed by atoms with Crippen LogP contribution in [0.3, 0.4) is 0 Å². The van der Waals surface area contributed by atoms with Crippen LogP contribution in [0, 0.1) is 0 Å². The van der Waals surface area contributed by atoms with Crippen molar-refractivity contribution >= 4 is 33.3 Å². The average molecular weight is 548 g/mol. The van der Waals surface area contributed by atoms with Crippen molar-refractivity contribution in [2.45, 2.75) is 0 Å². The average Bonchev–Trinajstić information content (AvgIpc) is 3.39. The first-order chi connectivity index (χ1) is 21.3. The Balaban J connectivity index is 1.22. The third-order valence-electron chi connectivity index (χ3n) is 8.42. The van der Waals surface area contributed by atoms with Crippen LogP contribution >= 0.6 is 0 Å². The molecular formula is C42H29N. The first-order valence-electron chi connectivity index (χ1n) is 14.8. The van der Waals surface area contributed by atoms with Crippen molar-refractivity contribution in [2.24, 2.45) is 0 Å². The highest BCUT2D eigenvalue weighted by atomic mass is 14.9. The Morgan fingerprint density at radius 1 is 0.372 bits per heavy atom. The maximum Gasteiger partial charge on any atom is 0.0390 e. The van der Waals surface area contributed by atoms with Gasteiger partial charge in [0.1, 0.15) is 0 Å². The predicted molar refractivity (Wildman–Crippen MR) is 182 cm³/mol. The predicted octanol–water partition coefficient (Wildman–Crippen LogP) is 11.2. The Hall–Kier alpha value is -5.66. The van der Waals surface area contributed by atoms with Gasteiger partial charge in [0, 0.05) is 11.4 Å². The summed E-state index contributed by atoms with van der Waals surface area (Å²) in [5.74, 6) is 0. The van der Waals surface area contributed by atoms with Crippen molar-refractivity contribution in [3.63, 3.8) is 0 Å². The van der Waals surface area contributed by atoms with Gasteiger partial charge in [-0.2, -0.15) is 0 Å². The SMILES string of the molecule is c1ccc(C(=C2c3ccccc3-c3ccc(Nc4ccc(-c5cccc6ccccc56)cc4)cc32)c2ccccc2)cc1. The van der Waals surface area contributed by atoms with Crippen LogP contribution in [0.1, 0.15) is 22.3 Å². The van der Waals surface area contributed by atoms with Gasteiger partial charge in [0.15, 0.2) is 0 Å². The molecule has 0 radical (unpaired) electrons. The Bertz CT molecular complexity index is 2070. The topological polar surface area (TPSA) is 12.0 Å². The number of rotatable bonds is 5. The summed E-state index contributed by atoms with van der Waals surface area (Å²) in [4.78, 5) is 0. The van der Waals surface area contributed by atoms with Gasteiger partial charge in [-0.25, -0.2) is 0 Å². The molecule has 0 aliphatic heterocycles. The third kappa shape index (κ3) is 4.52. The molecule has 1 aliphatic rings. The first kappa shape index (κ1) is 25.1. The molecular weight excluding hydrogens is 518 g/mol. The molecule has 1 heteroatoms. The van der Waals surface area contributed by atoms with Gasteiger partial charge in [-0.15, -0.1) is 0 Å². The van der Waals surface area contributed by atoms with Crippen LogP contribution in [0.15, 0.2) is 170 Å². The van der Waals surface area contributed by atoms with Crippen LogP contribution in [0.5, 0.6) is 0 Å². The lowest BCUT2D eigenvalue weighted by Crippen LogP contribution is -1.96. The van der Waals surface area contributed by atoms with Gasteiger partial charge in [-0.05, 0) is 90.7 Å². The maximum absolute atomic E-state index is 3.69. The lowest BCUT2D eigenvalue weighted by Gasteiger charge is -2.16. The van der Waals surface area contributed by atoms with E-state index in [0.717, 1.165) is 11.4 Å². The molecule has 0 saturated heterocycles. The van der Waals surface area contributed by atoms with Crippen molar-refractivity contribution in [3.05, 3.63) is 192 Å². The maximum atomic E-state index is 3.69. The van der Waals surface area contributed by atoms with E-state index in [4.69, 9.17) is 0 Å². The summed E-state index contributed by atoms with van der Waals surface area (Å²) in [6.45, 7) is 0. The molecule has 0 heterocycles. The zero-order valence-electron chi connectivity index (χ0n) is 23.7. The van der Waals surface area contributed by atoms with Gasteiger partial charge in [0.05, 0.1) is 0 Å². The van der Waals surface area contributed by atoms with E-state index >= 15 is 0 Å². The van der Waals surface area contributed by atoms with Gasteiger partial charge in [0.25, 0.3) is 0 Å². The molecule has 0 spiro atoms. The van der Waals surface area contributed by atoms with E-state index in [1.54, 1.807) is 0 Å². The Morgan fingerprint density at radius 3 is 1.67 bits per heavy atom. The van der Waals surface area contributed by atoms with E-state index in [1.807, 2.05) is 0 Å². The van der Waals surface area contributed by atoms with Crippen molar-refractivity contribution in [2.75, 3.05) is 5.32 Å². The minimum absolute atomic E-state index is 1.07. The second kappa shape index (κ2) is 10.6. The number of nitrogens with one attached hydrogen (secondary N) is 1. The number of hydrogen-bond acceptors (Lipinski definition) is 1. The first-order valence-corrected chi connectivity index (χ1v) is 14.8. The number of benzene rings is 7. The van der Waals surface area contributed by atoms with Gasteiger partial charge >= 0.3 is 0 Å². The molecule has 43 heavy (non-hydrogen) atoms. The van der Waals surface area contributed by atoms with E-state index < -0.39 is 0 Å². The Morgan fingerprint density at radius 2 is 0.930 bits per heavy atom. The third-order valence-corrected chi connectivity index (χ3v) is 8.42. The van der Waals surface area contributed by atoms with Crippen molar-refractivity contribution in [3.8, 4) is 22.3 Å². The summed E-state index contributed by atoms with van der Waals surface area (Å²) < 4.78 is 0. The summed E-state index contributed by atoms with van der Waals surface area (Å²) in [7, 11) is 0. The zero-order chi connectivity index (χ0) is 28.6. The van der Waals surface area contributed by atoms with Crippen LogP contribution in [-0.4, -0.2) is 0 Å². The number of anilines is 2. The minimum Gasteiger partial charge on any atom is -0.356 e. The largest absolute Gasteiger partial charge is 0.356 e. The molecule has 0 amide bonds. The molecule has 7 aromatic rings.